The van der Waals surface area contributed by atoms with Gasteiger partial charge in [-0.3, -0.25) is 9.88 Å². The minimum absolute atomic E-state index is 0.0000456. The van der Waals surface area contributed by atoms with Crippen LogP contribution in [0.3, 0.4) is 0 Å². The number of β-amino-alcohol motifs (C(OH)–C–C–N with tert-alkyl or cyclic N) is 1. The number of piperidine rings is 1. The molecule has 0 amide bonds. The van der Waals surface area contributed by atoms with Gasteiger partial charge in [0.25, 0.3) is 0 Å². The molecule has 3 unspecified atom stereocenters. The molecule has 2 saturated carbocycles. The third-order valence-electron chi connectivity index (χ3n) is 11.6. The predicted octanol–water partition coefficient (Wildman–Crippen LogP) is 6.51. The van der Waals surface area contributed by atoms with Gasteiger partial charge < -0.3 is 30.3 Å². The molecule has 52 heavy (non-hydrogen) atoms. The molecule has 4 heterocycles. The summed E-state index contributed by atoms with van der Waals surface area (Å²) in [6.45, 7) is 10.1. The lowest BCUT2D eigenvalue weighted by atomic mass is 9.73. The van der Waals surface area contributed by atoms with Crippen molar-refractivity contribution in [3.05, 3.63) is 47.7 Å². The Labute approximate surface area is 304 Å². The van der Waals surface area contributed by atoms with E-state index in [1.54, 1.807) is 13.0 Å². The van der Waals surface area contributed by atoms with E-state index < -0.39 is 17.2 Å². The average molecular weight is 719 g/mol. The second-order valence-electron chi connectivity index (χ2n) is 15.2. The van der Waals surface area contributed by atoms with Crippen LogP contribution in [-0.4, -0.2) is 93.2 Å². The highest BCUT2D eigenvalue weighted by Gasteiger charge is 2.51. The van der Waals surface area contributed by atoms with Crippen molar-refractivity contribution in [2.24, 2.45) is 11.1 Å². The molecule has 3 atom stereocenters. The number of aryl methyl sites for hydroxylation is 1. The number of anilines is 1. The first-order chi connectivity index (χ1) is 25.1. The predicted molar refractivity (Wildman–Crippen MR) is 199 cm³/mol. The Morgan fingerprint density at radius 2 is 1.88 bits per heavy atom. The van der Waals surface area contributed by atoms with Gasteiger partial charge in [-0.1, -0.05) is 33.3 Å². The number of aromatic hydroxyl groups is 1. The topological polar surface area (TPSA) is 130 Å². The fourth-order valence-electron chi connectivity index (χ4n) is 9.22. The largest absolute Gasteiger partial charge is 0.508 e. The van der Waals surface area contributed by atoms with Crippen LogP contribution >= 0.6 is 0 Å². The molecule has 0 radical (unpaired) electrons. The number of phenols is 1. The van der Waals surface area contributed by atoms with E-state index in [1.807, 2.05) is 25.7 Å². The zero-order valence-corrected chi connectivity index (χ0v) is 30.8. The van der Waals surface area contributed by atoms with Crippen LogP contribution in [0, 0.1) is 17.0 Å². The van der Waals surface area contributed by atoms with Gasteiger partial charge in [0.05, 0.1) is 31.8 Å². The van der Waals surface area contributed by atoms with Crippen LogP contribution in [0.25, 0.3) is 32.9 Å². The quantitative estimate of drug-likeness (QED) is 0.195. The van der Waals surface area contributed by atoms with E-state index in [0.29, 0.717) is 65.8 Å². The standard InChI is InChI=1S/C38H46F2N6O4.C2H6/c1-3-26-29(39)8-7-22-14-25(47)17-27(31(22)26)33-32(40)34-28(18-42-33)35(45-12-13-49-20-37(2,48)19-45)44-36(43-34)50-21-38-9-4-6-30(38)46(11-5-10-38)24-15-23(41)16-24;1-2/h7-8,14,17-18,23-24,30,47-48H,3-6,9-13,15-16,19-21,41H2,1-2H3;1-2H3. The molecule has 2 aliphatic carbocycles. The van der Waals surface area contributed by atoms with Crippen LogP contribution in [0.15, 0.2) is 30.5 Å². The van der Waals surface area contributed by atoms with Gasteiger partial charge in [-0.25, -0.2) is 8.78 Å². The third-order valence-corrected chi connectivity index (χ3v) is 11.6. The number of fused-ring (bicyclic) bond motifs is 3. The zero-order chi connectivity index (χ0) is 36.8. The molecular weight excluding hydrogens is 666 g/mol. The van der Waals surface area contributed by atoms with Crippen LogP contribution in [0.2, 0.25) is 0 Å². The van der Waals surface area contributed by atoms with Crippen LogP contribution in [-0.2, 0) is 11.2 Å². The summed E-state index contributed by atoms with van der Waals surface area (Å²) in [5.74, 6) is -0.828. The Hall–Kier alpha value is -3.71. The molecule has 2 aromatic carbocycles. The maximum Gasteiger partial charge on any atom is 0.319 e. The lowest BCUT2D eigenvalue weighted by Crippen LogP contribution is -2.60. The summed E-state index contributed by atoms with van der Waals surface area (Å²) in [5.41, 5.74) is 5.58. The van der Waals surface area contributed by atoms with Crippen molar-refractivity contribution < 1.29 is 28.5 Å². The van der Waals surface area contributed by atoms with Crippen LogP contribution in [0.4, 0.5) is 14.6 Å². The zero-order valence-electron chi connectivity index (χ0n) is 30.8. The van der Waals surface area contributed by atoms with Gasteiger partial charge in [0.15, 0.2) is 5.82 Å². The van der Waals surface area contributed by atoms with Crippen molar-refractivity contribution in [2.45, 2.75) is 103 Å². The SMILES string of the molecule is CC.CCc1c(F)ccc2cc(O)cc(-c3ncc4c(N5CCOCC(C)(O)C5)nc(OCC56CCCC5N(C5CC(N)C5)CCC6)nc4c3F)c12. The van der Waals surface area contributed by atoms with Crippen molar-refractivity contribution in [1.82, 2.24) is 19.9 Å². The highest BCUT2D eigenvalue weighted by Crippen LogP contribution is 2.50. The minimum Gasteiger partial charge on any atom is -0.508 e. The summed E-state index contributed by atoms with van der Waals surface area (Å²) in [5, 5.41) is 23.1. The number of phenolic OH excluding ortho intramolecular Hbond substituents is 1. The maximum atomic E-state index is 17.0. The van der Waals surface area contributed by atoms with E-state index in [0.717, 1.165) is 51.5 Å². The molecule has 10 nitrogen and oxygen atoms in total. The first kappa shape index (κ1) is 36.6. The highest BCUT2D eigenvalue weighted by molar-refractivity contribution is 6.01. The van der Waals surface area contributed by atoms with E-state index in [9.17, 15) is 10.2 Å². The number of ether oxygens (including phenoxy) is 2. The second kappa shape index (κ2) is 14.6. The number of aliphatic hydroxyl groups is 1. The normalized spacial score (nSPS) is 27.8. The number of hydrogen-bond donors (Lipinski definition) is 3. The Kier molecular flexibility index (Phi) is 10.3. The highest BCUT2D eigenvalue weighted by atomic mass is 19.1. The molecule has 4 N–H and O–H groups in total. The number of rotatable bonds is 7. The molecule has 2 aromatic heterocycles. The molecule has 8 rings (SSSR count). The van der Waals surface area contributed by atoms with Gasteiger partial charge in [0.1, 0.15) is 34.2 Å². The first-order valence-corrected chi connectivity index (χ1v) is 19.1. The lowest BCUT2D eigenvalue weighted by Gasteiger charge is -2.52. The van der Waals surface area contributed by atoms with Gasteiger partial charge in [0, 0.05) is 41.8 Å². The van der Waals surface area contributed by atoms with Gasteiger partial charge in [-0.05, 0) is 92.9 Å². The Balaban J connectivity index is 0.00000207. The van der Waals surface area contributed by atoms with Crippen molar-refractivity contribution in [1.29, 1.82) is 0 Å². The summed E-state index contributed by atoms with van der Waals surface area (Å²) in [7, 11) is 0. The van der Waals surface area contributed by atoms with E-state index in [-0.39, 0.29) is 53.1 Å². The number of nitrogens with two attached hydrogens (primary N) is 1. The fourth-order valence-corrected chi connectivity index (χ4v) is 9.22. The van der Waals surface area contributed by atoms with Crippen LogP contribution in [0.1, 0.15) is 78.2 Å². The molecule has 280 valence electrons. The average Bonchev–Trinajstić information content (AvgIpc) is 3.47. The molecule has 4 aromatic rings. The lowest BCUT2D eigenvalue weighted by molar-refractivity contribution is -0.0439. The van der Waals surface area contributed by atoms with Crippen molar-refractivity contribution in [2.75, 3.05) is 44.4 Å². The molecule has 12 heteroatoms. The third kappa shape index (κ3) is 6.67. The van der Waals surface area contributed by atoms with Gasteiger partial charge in [0.2, 0.25) is 0 Å². The second-order valence-corrected chi connectivity index (χ2v) is 15.2. The Morgan fingerprint density at radius 1 is 1.10 bits per heavy atom. The summed E-state index contributed by atoms with van der Waals surface area (Å²) >= 11 is 0. The van der Waals surface area contributed by atoms with Gasteiger partial charge in [-0.2, -0.15) is 9.97 Å². The molecule has 2 aliphatic heterocycles. The van der Waals surface area contributed by atoms with E-state index in [1.165, 1.54) is 24.4 Å². The molecule has 4 fully saturated rings. The maximum absolute atomic E-state index is 17.0. The van der Waals surface area contributed by atoms with Crippen LogP contribution in [0.5, 0.6) is 11.8 Å². The van der Waals surface area contributed by atoms with Crippen molar-refractivity contribution in [3.8, 4) is 23.0 Å². The first-order valence-electron chi connectivity index (χ1n) is 19.1. The summed E-state index contributed by atoms with van der Waals surface area (Å²) in [6, 6.07) is 7.14. The van der Waals surface area contributed by atoms with E-state index in [4.69, 9.17) is 25.2 Å². The number of likely N-dealkylation sites (tertiary alicyclic amines) is 1. The van der Waals surface area contributed by atoms with Crippen molar-refractivity contribution in [3.63, 3.8) is 0 Å². The number of nitrogens with zero attached hydrogens (tertiary/aromatic N) is 5. The van der Waals surface area contributed by atoms with Gasteiger partial charge in [-0.15, -0.1) is 0 Å². The molecule has 0 spiro atoms. The van der Waals surface area contributed by atoms with Crippen LogP contribution < -0.4 is 15.4 Å². The van der Waals surface area contributed by atoms with E-state index >= 15 is 8.78 Å². The Morgan fingerprint density at radius 3 is 2.65 bits per heavy atom. The number of halogens is 2. The summed E-state index contributed by atoms with van der Waals surface area (Å²) < 4.78 is 44.3. The summed E-state index contributed by atoms with van der Waals surface area (Å²) in [4.78, 5) is 18.7. The Bertz CT molecular complexity index is 1940. The van der Waals surface area contributed by atoms with Crippen molar-refractivity contribution >= 4 is 27.5 Å². The van der Waals surface area contributed by atoms with E-state index in [2.05, 4.69) is 9.88 Å². The molecule has 4 aliphatic rings. The smallest absolute Gasteiger partial charge is 0.319 e. The summed E-state index contributed by atoms with van der Waals surface area (Å²) in [6.07, 6.45) is 9.36. The molecule has 0 bridgehead atoms. The number of aromatic nitrogens is 3. The minimum atomic E-state index is -1.17. The number of benzene rings is 2. The molecular formula is C40H52F2N6O4. The monoisotopic (exact) mass is 718 g/mol. The molecule has 2 saturated heterocycles. The fraction of sp³-hybridized carbons (Fsp3) is 0.575. The number of pyridine rings is 1. The van der Waals surface area contributed by atoms with Gasteiger partial charge >= 0.3 is 6.01 Å². The number of hydrogen-bond acceptors (Lipinski definition) is 10.